The molecule has 0 spiro atoms. The highest BCUT2D eigenvalue weighted by atomic mass is 16.3. The number of hydrogen-bond acceptors (Lipinski definition) is 10. The summed E-state index contributed by atoms with van der Waals surface area (Å²) in [6, 6.07) is 144. The SMILES string of the molecule is c1ccc(-c2nc(-c3ccc4c5cc(-c6ccc7c(c6)oc6ccc(-c8nc(-c9ccc%10oc%11ccccc%11c%10c9)nc(-c9ccc%10c(oc%11ccccc%11%10)c9-n9c%10cc%11ccccc%11cc%10c%10cc%11ccccc%11cc%109)n8)cc67)ccc5n(-c5ccccc5)c4c3)nc(-c3ccc4c(oc5cc6ccccc6cc54)c3-n3c4cc5ccccc5cc4c4cc5ccccc5cc43)n2)cc1. The third-order valence-corrected chi connectivity index (χ3v) is 28.0. The van der Waals surface area contributed by atoms with Gasteiger partial charge in [-0.05, 0) is 241 Å². The van der Waals surface area contributed by atoms with Gasteiger partial charge in [-0.3, -0.25) is 0 Å². The number of aromatic nitrogens is 9. The van der Waals surface area contributed by atoms with Gasteiger partial charge in [-0.2, -0.15) is 0 Å². The lowest BCUT2D eigenvalue weighted by molar-refractivity contribution is 0.666. The van der Waals surface area contributed by atoms with E-state index in [4.69, 9.17) is 47.6 Å². The Kier molecular flexibility index (Phi) is 15.3. The summed E-state index contributed by atoms with van der Waals surface area (Å²) in [5, 5.41) is 25.8. The number of para-hydroxylation sites is 3. The van der Waals surface area contributed by atoms with E-state index in [1.54, 1.807) is 0 Å². The minimum absolute atomic E-state index is 0.471. The zero-order valence-corrected chi connectivity index (χ0v) is 71.8. The van der Waals surface area contributed by atoms with Crippen LogP contribution in [0.25, 0.3) is 304 Å². The zero-order chi connectivity index (χ0) is 87.9. The smallest absolute Gasteiger partial charge is 0.166 e. The molecule has 0 saturated carbocycles. The molecule has 9 heterocycles. The predicted molar refractivity (Wildman–Crippen MR) is 551 cm³/mol. The van der Waals surface area contributed by atoms with Crippen LogP contribution in [0, 0.1) is 0 Å². The highest BCUT2D eigenvalue weighted by Crippen LogP contribution is 2.50. The molecule has 13 heteroatoms. The Labute approximate surface area is 766 Å². The molecule has 0 aliphatic rings. The Bertz CT molecular complexity index is 10300. The van der Waals surface area contributed by atoms with Gasteiger partial charge in [0.1, 0.15) is 44.9 Å². The van der Waals surface area contributed by atoms with E-state index >= 15 is 0 Å². The molecule has 0 aliphatic heterocycles. The van der Waals surface area contributed by atoms with Gasteiger partial charge in [-0.1, -0.05) is 231 Å². The number of fused-ring (bicyclic) bond motifs is 26. The summed E-state index contributed by atoms with van der Waals surface area (Å²) in [6.07, 6.45) is 0. The monoisotopic (exact) mass is 1720 g/mol. The van der Waals surface area contributed by atoms with Crippen molar-refractivity contribution in [2.75, 3.05) is 0 Å². The molecule has 21 aromatic carbocycles. The molecular formula is C122H67N9O4. The summed E-state index contributed by atoms with van der Waals surface area (Å²) in [4.78, 5) is 33.5. The van der Waals surface area contributed by atoms with Gasteiger partial charge in [0.15, 0.2) is 46.1 Å². The molecule has 135 heavy (non-hydrogen) atoms. The zero-order valence-electron chi connectivity index (χ0n) is 71.8. The van der Waals surface area contributed by atoms with Crippen LogP contribution in [0.3, 0.4) is 0 Å². The van der Waals surface area contributed by atoms with E-state index in [1.165, 1.54) is 0 Å². The van der Waals surface area contributed by atoms with Crippen LogP contribution >= 0.6 is 0 Å². The number of rotatable bonds is 10. The van der Waals surface area contributed by atoms with Crippen molar-refractivity contribution in [3.05, 3.63) is 406 Å². The quantitative estimate of drug-likeness (QED) is 0.130. The Morgan fingerprint density at radius 3 is 0.985 bits per heavy atom. The van der Waals surface area contributed by atoms with Crippen molar-refractivity contribution in [3.8, 4) is 96.5 Å². The van der Waals surface area contributed by atoms with Crippen LogP contribution in [-0.2, 0) is 0 Å². The topological polar surface area (TPSA) is 145 Å². The average molecular weight is 1720 g/mol. The number of hydrogen-bond donors (Lipinski definition) is 0. The fourth-order valence-corrected chi connectivity index (χ4v) is 21.6. The van der Waals surface area contributed by atoms with Crippen molar-refractivity contribution in [2.45, 2.75) is 0 Å². The van der Waals surface area contributed by atoms with Gasteiger partial charge >= 0.3 is 0 Å². The van der Waals surface area contributed by atoms with Gasteiger partial charge in [0, 0.05) is 114 Å². The van der Waals surface area contributed by atoms with Crippen LogP contribution in [-0.4, -0.2) is 43.6 Å². The molecule has 0 aliphatic carbocycles. The molecule has 30 aromatic rings. The molecule has 0 atom stereocenters. The maximum absolute atomic E-state index is 7.38. The molecule has 0 unspecified atom stereocenters. The van der Waals surface area contributed by atoms with Gasteiger partial charge in [-0.15, -0.1) is 0 Å². The van der Waals surface area contributed by atoms with E-state index < -0.39 is 0 Å². The van der Waals surface area contributed by atoms with Crippen molar-refractivity contribution < 1.29 is 17.7 Å². The third kappa shape index (κ3) is 11.1. The molecule has 30 rings (SSSR count). The average Bonchev–Trinajstić information content (AvgIpc) is 1.55. The predicted octanol–water partition coefficient (Wildman–Crippen LogP) is 32.4. The van der Waals surface area contributed by atoms with E-state index in [9.17, 15) is 0 Å². The van der Waals surface area contributed by atoms with Crippen LogP contribution in [0.4, 0.5) is 0 Å². The molecule has 13 nitrogen and oxygen atoms in total. The fourth-order valence-electron chi connectivity index (χ4n) is 21.6. The summed E-state index contributed by atoms with van der Waals surface area (Å²) >= 11 is 0. The van der Waals surface area contributed by atoms with Crippen LogP contribution < -0.4 is 0 Å². The molecule has 0 amide bonds. The lowest BCUT2D eigenvalue weighted by Crippen LogP contribution is -2.04. The Hall–Kier alpha value is -18.5. The van der Waals surface area contributed by atoms with E-state index in [-0.39, 0.29) is 0 Å². The second kappa shape index (κ2) is 28.0. The number of furan rings is 4. The molecule has 0 radical (unpaired) electrons. The molecule has 0 N–H and O–H groups in total. The summed E-state index contributed by atoms with van der Waals surface area (Å²) < 4.78 is 35.2. The minimum Gasteiger partial charge on any atom is -0.456 e. The van der Waals surface area contributed by atoms with Gasteiger partial charge in [0.2, 0.25) is 0 Å². The standard InChI is InChI=1S/C122H67N9O4/c1-3-21-68(22-4-1)117-123-120(128-121(125-117)92-49-47-90-100-58-73-27-11-16-32-78(73)66-112(100)135-116(90)114(92)131-105-63-76-30-14-9-25-71(76)55-96(105)97-56-72-26-10-15-31-77(72)64-106(97)131)83-40-44-85-93-57-79(41-50-101(93)129(102(85)65-83)84-33-5-2-6-34-84)80-39-45-88-99-60-82(43-52-110(99)133-111(88)67-80)119-124-118(81-42-51-109-98(59-81)87-36-18-19-37-107(87)132-109)126-122(127-119)91-48-46-89-86-35-17-20-38-108(86)134-115(89)113(91)130-103-61-74-28-12-7-23-69(74)53-94(103)95-54-70-24-8-13-29-75(70)62-104(95)130/h1-67H. The second-order valence-corrected chi connectivity index (χ2v) is 35.6. The van der Waals surface area contributed by atoms with E-state index in [0.717, 1.165) is 263 Å². The first-order valence-corrected chi connectivity index (χ1v) is 45.5. The van der Waals surface area contributed by atoms with E-state index in [2.05, 4.69) is 353 Å². The normalized spacial score (nSPS) is 12.3. The Morgan fingerprint density at radius 2 is 0.467 bits per heavy atom. The van der Waals surface area contributed by atoms with Crippen LogP contribution in [0.1, 0.15) is 0 Å². The summed E-state index contributed by atoms with van der Waals surface area (Å²) in [5.74, 6) is 3.00. The number of nitrogens with zero attached hydrogens (tertiary/aromatic N) is 9. The van der Waals surface area contributed by atoms with Crippen molar-refractivity contribution >= 4 is 207 Å². The molecule has 0 bridgehead atoms. The van der Waals surface area contributed by atoms with Gasteiger partial charge < -0.3 is 31.4 Å². The van der Waals surface area contributed by atoms with E-state index in [1.807, 2.05) is 66.7 Å². The lowest BCUT2D eigenvalue weighted by atomic mass is 10.0. The van der Waals surface area contributed by atoms with Crippen molar-refractivity contribution in [3.63, 3.8) is 0 Å². The van der Waals surface area contributed by atoms with Crippen LogP contribution in [0.15, 0.2) is 424 Å². The Balaban J connectivity index is 0.572. The highest BCUT2D eigenvalue weighted by Gasteiger charge is 2.31. The van der Waals surface area contributed by atoms with Crippen molar-refractivity contribution in [1.82, 2.24) is 43.6 Å². The fraction of sp³-hybridized carbons (Fsp3) is 0. The molecule has 9 aromatic heterocycles. The number of benzene rings is 21. The molecule has 624 valence electrons. The minimum atomic E-state index is 0.471. The van der Waals surface area contributed by atoms with Crippen LogP contribution in [0.2, 0.25) is 0 Å². The largest absolute Gasteiger partial charge is 0.456 e. The van der Waals surface area contributed by atoms with Crippen LogP contribution in [0.5, 0.6) is 0 Å². The maximum Gasteiger partial charge on any atom is 0.166 e. The first kappa shape index (κ1) is 73.4. The first-order valence-electron chi connectivity index (χ1n) is 45.5. The van der Waals surface area contributed by atoms with Crippen molar-refractivity contribution in [2.24, 2.45) is 0 Å². The first-order chi connectivity index (χ1) is 66.8. The third-order valence-electron chi connectivity index (χ3n) is 28.0. The Morgan fingerprint density at radius 1 is 0.156 bits per heavy atom. The van der Waals surface area contributed by atoms with Gasteiger partial charge in [0.05, 0.1) is 33.1 Å². The summed E-state index contributed by atoms with van der Waals surface area (Å²) in [5.41, 5.74) is 21.7. The second-order valence-electron chi connectivity index (χ2n) is 35.6. The van der Waals surface area contributed by atoms with E-state index in [0.29, 0.717) is 40.5 Å². The molecular weight excluding hydrogens is 1660 g/mol. The lowest BCUT2D eigenvalue weighted by Gasteiger charge is -2.16. The maximum atomic E-state index is 7.38. The van der Waals surface area contributed by atoms with Gasteiger partial charge in [0.25, 0.3) is 0 Å². The summed E-state index contributed by atoms with van der Waals surface area (Å²) in [6.45, 7) is 0. The van der Waals surface area contributed by atoms with Gasteiger partial charge in [-0.25, -0.2) is 29.9 Å². The highest BCUT2D eigenvalue weighted by molar-refractivity contribution is 6.23. The molecule has 0 fully saturated rings. The van der Waals surface area contributed by atoms with Crippen molar-refractivity contribution in [1.29, 1.82) is 0 Å². The summed E-state index contributed by atoms with van der Waals surface area (Å²) in [7, 11) is 0. The molecule has 0 saturated heterocycles.